The Bertz CT molecular complexity index is 450. The molecule has 0 saturated heterocycles. The van der Waals surface area contributed by atoms with Gasteiger partial charge in [0.15, 0.2) is 0 Å². The zero-order chi connectivity index (χ0) is 12.3. The summed E-state index contributed by atoms with van der Waals surface area (Å²) in [7, 11) is -3.73. The summed E-state index contributed by atoms with van der Waals surface area (Å²) in [4.78, 5) is 10.9. The van der Waals surface area contributed by atoms with Crippen LogP contribution >= 0.6 is 0 Å². The summed E-state index contributed by atoms with van der Waals surface area (Å²) in [6.45, 7) is 3.71. The molecule has 1 heterocycles. The Morgan fingerprint density at radius 2 is 2.12 bits per heavy atom. The molecule has 0 aromatic carbocycles. The topological polar surface area (TPSA) is 87.0 Å². The number of carboxylic acid groups (broad SMARTS) is 1. The second kappa shape index (κ2) is 4.65. The fourth-order valence-electron chi connectivity index (χ4n) is 1.36. The molecule has 1 rings (SSSR count). The largest absolute Gasteiger partial charge is 0.478 e. The molecular weight excluding hydrogens is 232 g/mol. The third kappa shape index (κ3) is 2.41. The molecule has 0 aromatic heterocycles. The minimum atomic E-state index is -3.73. The van der Waals surface area contributed by atoms with Crippen molar-refractivity contribution in [3.05, 3.63) is 11.8 Å². The van der Waals surface area contributed by atoms with Gasteiger partial charge in [-0.2, -0.15) is 8.42 Å². The van der Waals surface area contributed by atoms with Crippen LogP contribution in [0.25, 0.3) is 0 Å². The molecule has 0 radical (unpaired) electrons. The third-order valence-corrected chi connectivity index (χ3v) is 3.45. The van der Waals surface area contributed by atoms with E-state index >= 15 is 0 Å². The van der Waals surface area contributed by atoms with Gasteiger partial charge in [-0.25, -0.2) is 4.79 Å². The minimum Gasteiger partial charge on any atom is -0.478 e. The molecule has 0 aromatic rings. The molecule has 0 fully saturated rings. The maximum absolute atomic E-state index is 11.6. The monoisotopic (exact) mass is 246 g/mol. The van der Waals surface area contributed by atoms with E-state index in [4.69, 9.17) is 5.11 Å². The van der Waals surface area contributed by atoms with Crippen LogP contribution < -0.4 is 0 Å². The van der Waals surface area contributed by atoms with Gasteiger partial charge in [0.05, 0.1) is 11.3 Å². The van der Waals surface area contributed by atoms with Crippen molar-refractivity contribution >= 4 is 21.9 Å². The van der Waals surface area contributed by atoms with Gasteiger partial charge >= 0.3 is 16.2 Å². The number of rotatable bonds is 4. The second-order valence-electron chi connectivity index (χ2n) is 3.33. The Hall–Kier alpha value is -1.37. The summed E-state index contributed by atoms with van der Waals surface area (Å²) in [5, 5.41) is 8.93. The normalized spacial score (nSPS) is 19.0. The molecule has 0 bridgehead atoms. The Labute approximate surface area is 94.5 Å². The fourth-order valence-corrected chi connectivity index (χ4v) is 2.62. The molecule has 6 nitrogen and oxygen atoms in total. The summed E-state index contributed by atoms with van der Waals surface area (Å²) in [6, 6.07) is 0. The van der Waals surface area contributed by atoms with E-state index in [2.05, 4.69) is 4.40 Å². The third-order valence-electron chi connectivity index (χ3n) is 2.12. The lowest BCUT2D eigenvalue weighted by atomic mass is 10.1. The van der Waals surface area contributed by atoms with E-state index in [1.165, 1.54) is 0 Å². The summed E-state index contributed by atoms with van der Waals surface area (Å²) >= 11 is 0. The Morgan fingerprint density at radius 3 is 2.56 bits per heavy atom. The first kappa shape index (κ1) is 12.7. The summed E-state index contributed by atoms with van der Waals surface area (Å²) < 4.78 is 27.7. The van der Waals surface area contributed by atoms with Crippen LogP contribution in [0.2, 0.25) is 0 Å². The molecular formula is C9H14N2O4S. The quantitative estimate of drug-likeness (QED) is 0.794. The van der Waals surface area contributed by atoms with Gasteiger partial charge in [-0.1, -0.05) is 13.8 Å². The van der Waals surface area contributed by atoms with E-state index in [9.17, 15) is 13.2 Å². The maximum Gasteiger partial charge on any atom is 0.344 e. The average molecular weight is 246 g/mol. The highest BCUT2D eigenvalue weighted by Gasteiger charge is 2.28. The zero-order valence-corrected chi connectivity index (χ0v) is 9.99. The van der Waals surface area contributed by atoms with Gasteiger partial charge < -0.3 is 5.11 Å². The Kier molecular flexibility index (Phi) is 3.69. The van der Waals surface area contributed by atoms with E-state index in [-0.39, 0.29) is 24.3 Å². The maximum atomic E-state index is 11.6. The molecule has 16 heavy (non-hydrogen) atoms. The molecule has 1 N–H and O–H groups in total. The molecule has 0 saturated carbocycles. The summed E-state index contributed by atoms with van der Waals surface area (Å²) in [5.41, 5.74) is 0.0469. The lowest BCUT2D eigenvalue weighted by molar-refractivity contribution is -0.132. The lowest BCUT2D eigenvalue weighted by Gasteiger charge is -2.22. The van der Waals surface area contributed by atoms with Gasteiger partial charge in [-0.05, 0) is 12.8 Å². The van der Waals surface area contributed by atoms with Crippen molar-refractivity contribution in [2.45, 2.75) is 26.7 Å². The SMILES string of the molecule is CCCN1C=C(C(=O)O)C(CC)=NS1(=O)=O. The molecule has 0 spiro atoms. The zero-order valence-electron chi connectivity index (χ0n) is 9.17. The minimum absolute atomic E-state index is 0.0502. The average Bonchev–Trinajstić information content (AvgIpc) is 2.19. The molecule has 7 heteroatoms. The van der Waals surface area contributed by atoms with Crippen molar-refractivity contribution in [2.24, 2.45) is 4.40 Å². The van der Waals surface area contributed by atoms with Crippen molar-refractivity contribution in [2.75, 3.05) is 6.54 Å². The van der Waals surface area contributed by atoms with Gasteiger partial charge in [0, 0.05) is 12.7 Å². The second-order valence-corrected chi connectivity index (χ2v) is 4.88. The molecule has 0 atom stereocenters. The predicted octanol–water partition coefficient (Wildman–Crippen LogP) is 0.776. The van der Waals surface area contributed by atoms with E-state index in [1.807, 2.05) is 6.92 Å². The van der Waals surface area contributed by atoms with E-state index in [1.54, 1.807) is 6.92 Å². The van der Waals surface area contributed by atoms with Crippen molar-refractivity contribution in [3.8, 4) is 0 Å². The van der Waals surface area contributed by atoms with E-state index in [0.29, 0.717) is 6.42 Å². The molecule has 1 aliphatic heterocycles. The highest BCUT2D eigenvalue weighted by atomic mass is 32.2. The molecule has 90 valence electrons. The van der Waals surface area contributed by atoms with Crippen LogP contribution in [-0.4, -0.2) is 36.1 Å². The van der Waals surface area contributed by atoms with Gasteiger partial charge in [-0.3, -0.25) is 4.31 Å². The number of carbonyl (C=O) groups is 1. The van der Waals surface area contributed by atoms with Crippen LogP contribution in [0.4, 0.5) is 0 Å². The highest BCUT2D eigenvalue weighted by Crippen LogP contribution is 2.18. The summed E-state index contributed by atoms with van der Waals surface area (Å²) in [6.07, 6.45) is 2.02. The first-order valence-corrected chi connectivity index (χ1v) is 6.38. The van der Waals surface area contributed by atoms with Crippen LogP contribution in [0.15, 0.2) is 16.2 Å². The predicted molar refractivity (Wildman–Crippen MR) is 59.4 cm³/mol. The van der Waals surface area contributed by atoms with E-state index < -0.39 is 16.2 Å². The van der Waals surface area contributed by atoms with Gasteiger partial charge in [-0.15, -0.1) is 4.40 Å². The van der Waals surface area contributed by atoms with Crippen LogP contribution in [0, 0.1) is 0 Å². The van der Waals surface area contributed by atoms with Crippen molar-refractivity contribution < 1.29 is 18.3 Å². The van der Waals surface area contributed by atoms with Crippen LogP contribution in [0.3, 0.4) is 0 Å². The van der Waals surface area contributed by atoms with Crippen LogP contribution in [0.5, 0.6) is 0 Å². The number of aliphatic carboxylic acids is 1. The van der Waals surface area contributed by atoms with Crippen molar-refractivity contribution in [1.29, 1.82) is 0 Å². The van der Waals surface area contributed by atoms with Gasteiger partial charge in [0.1, 0.15) is 0 Å². The Morgan fingerprint density at radius 1 is 1.50 bits per heavy atom. The first-order valence-electron chi connectivity index (χ1n) is 4.98. The first-order chi connectivity index (χ1) is 7.42. The van der Waals surface area contributed by atoms with Crippen LogP contribution in [-0.2, 0) is 15.0 Å². The molecule has 0 amide bonds. The van der Waals surface area contributed by atoms with Crippen LogP contribution in [0.1, 0.15) is 26.7 Å². The number of hydrogen-bond acceptors (Lipinski definition) is 3. The van der Waals surface area contributed by atoms with Crippen molar-refractivity contribution in [3.63, 3.8) is 0 Å². The molecule has 0 aliphatic carbocycles. The number of nitrogens with zero attached hydrogens (tertiary/aromatic N) is 2. The number of carboxylic acids is 1. The Balaban J connectivity index is 3.19. The molecule has 1 aliphatic rings. The lowest BCUT2D eigenvalue weighted by Crippen LogP contribution is -2.32. The number of hydrogen-bond donors (Lipinski definition) is 1. The van der Waals surface area contributed by atoms with Gasteiger partial charge in [0.25, 0.3) is 0 Å². The highest BCUT2D eigenvalue weighted by molar-refractivity contribution is 7.88. The van der Waals surface area contributed by atoms with Crippen molar-refractivity contribution in [1.82, 2.24) is 4.31 Å². The standard InChI is InChI=1S/C9H14N2O4S/c1-3-5-11-6-7(9(12)13)8(4-2)10-16(11,14)15/h6H,3-5H2,1-2H3,(H,12,13). The van der Waals surface area contributed by atoms with Gasteiger partial charge in [0.2, 0.25) is 0 Å². The van der Waals surface area contributed by atoms with E-state index in [0.717, 1.165) is 10.5 Å². The fraction of sp³-hybridized carbons (Fsp3) is 0.556. The molecule has 0 unspecified atom stereocenters. The smallest absolute Gasteiger partial charge is 0.344 e. The summed E-state index contributed by atoms with van der Waals surface area (Å²) in [5.74, 6) is -1.16.